The zero-order valence-electron chi connectivity index (χ0n) is 26.2. The minimum Gasteiger partial charge on any atom is -0.507 e. The number of aryl methyl sites for hydroxylation is 1. The first-order valence-corrected chi connectivity index (χ1v) is 15.1. The van der Waals surface area contributed by atoms with Gasteiger partial charge in [0.05, 0.1) is 12.7 Å². The number of aliphatic hydroxyl groups is 7. The van der Waals surface area contributed by atoms with Crippen LogP contribution in [-0.4, -0.2) is 109 Å². The van der Waals surface area contributed by atoms with Crippen LogP contribution in [0.5, 0.6) is 17.2 Å². The number of fused-ring (bicyclic) bond motifs is 1. The van der Waals surface area contributed by atoms with Crippen LogP contribution in [0.4, 0.5) is 0 Å². The Hall–Kier alpha value is -3.57. The van der Waals surface area contributed by atoms with Crippen molar-refractivity contribution < 1.29 is 64.2 Å². The van der Waals surface area contributed by atoms with E-state index >= 15 is 0 Å². The number of hydrogen-bond acceptors (Lipinski definition) is 14. The van der Waals surface area contributed by atoms with Gasteiger partial charge < -0.3 is 64.2 Å². The second kappa shape index (κ2) is 13.9. The van der Waals surface area contributed by atoms with Gasteiger partial charge in [-0.2, -0.15) is 0 Å². The number of allylic oxidation sites excluding steroid dienone is 2. The van der Waals surface area contributed by atoms with Crippen LogP contribution >= 0.6 is 0 Å². The van der Waals surface area contributed by atoms with E-state index in [0.29, 0.717) is 5.56 Å². The topological polar surface area (TPSA) is 229 Å². The van der Waals surface area contributed by atoms with Gasteiger partial charge >= 0.3 is 0 Å². The number of hydrogen-bond donors (Lipinski definition) is 8. The molecule has 0 amide bonds. The summed E-state index contributed by atoms with van der Waals surface area (Å²) in [5, 5.41) is 82.8. The molecule has 47 heavy (non-hydrogen) atoms. The van der Waals surface area contributed by atoms with E-state index < -0.39 is 84.9 Å². The molecule has 2 fully saturated rings. The van der Waals surface area contributed by atoms with Gasteiger partial charge in [0.15, 0.2) is 5.76 Å². The molecule has 5 rings (SSSR count). The van der Waals surface area contributed by atoms with Crippen molar-refractivity contribution in [2.24, 2.45) is 0 Å². The molecule has 10 unspecified atom stereocenters. The smallest absolute Gasteiger partial charge is 0.239 e. The molecule has 14 heteroatoms. The fourth-order valence-electron chi connectivity index (χ4n) is 5.48. The van der Waals surface area contributed by atoms with Crippen LogP contribution in [0.25, 0.3) is 22.3 Å². The Morgan fingerprint density at radius 3 is 2.11 bits per heavy atom. The van der Waals surface area contributed by atoms with E-state index in [0.717, 1.165) is 17.2 Å². The first-order chi connectivity index (χ1) is 22.2. The molecule has 2 aromatic carbocycles. The predicted octanol–water partition coefficient (Wildman–Crippen LogP) is 0.368. The summed E-state index contributed by atoms with van der Waals surface area (Å²) in [5.74, 6) is -1.29. The number of benzene rings is 2. The van der Waals surface area contributed by atoms with E-state index in [2.05, 4.69) is 0 Å². The summed E-state index contributed by atoms with van der Waals surface area (Å²) >= 11 is 0. The predicted molar refractivity (Wildman–Crippen MR) is 165 cm³/mol. The molecular weight excluding hydrogens is 620 g/mol. The van der Waals surface area contributed by atoms with Gasteiger partial charge in [0.25, 0.3) is 0 Å². The first-order valence-electron chi connectivity index (χ1n) is 15.1. The van der Waals surface area contributed by atoms with Crippen molar-refractivity contribution in [2.75, 3.05) is 6.61 Å². The van der Waals surface area contributed by atoms with Gasteiger partial charge in [-0.1, -0.05) is 41.5 Å². The van der Waals surface area contributed by atoms with E-state index in [1.54, 1.807) is 30.3 Å². The van der Waals surface area contributed by atoms with E-state index in [1.165, 1.54) is 6.92 Å². The number of phenols is 1. The van der Waals surface area contributed by atoms with E-state index in [4.69, 9.17) is 23.4 Å². The summed E-state index contributed by atoms with van der Waals surface area (Å²) in [6.45, 7) is 6.30. The monoisotopic (exact) mass is 660 g/mol. The molecule has 3 aromatic rings. The Morgan fingerprint density at radius 2 is 1.49 bits per heavy atom. The number of phenolic OH excluding ortho intramolecular Hbond substituents is 1. The Morgan fingerprint density at radius 1 is 0.872 bits per heavy atom. The fourth-order valence-corrected chi connectivity index (χ4v) is 5.48. The van der Waals surface area contributed by atoms with E-state index in [9.17, 15) is 45.6 Å². The van der Waals surface area contributed by atoms with Crippen molar-refractivity contribution in [3.8, 4) is 28.6 Å². The number of ether oxygens (including phenoxy) is 4. The van der Waals surface area contributed by atoms with Crippen LogP contribution in [0.3, 0.4) is 0 Å². The normalized spacial score (nSPS) is 31.0. The summed E-state index contributed by atoms with van der Waals surface area (Å²) in [4.78, 5) is 14.2. The first kappa shape index (κ1) is 34.8. The van der Waals surface area contributed by atoms with Gasteiger partial charge in [-0.25, -0.2) is 0 Å². The van der Waals surface area contributed by atoms with Crippen molar-refractivity contribution in [1.82, 2.24) is 0 Å². The SMILES string of the molecule is CC(C)=CCc1c(OC2OC(CO)C(O)C(O)C2O)cc(O)c2c(=O)c(OC3OC(C)C(O)C(O)C3O)c(-c3ccc(C)cc3)oc12. The Labute approximate surface area is 269 Å². The molecule has 2 saturated heterocycles. The van der Waals surface area contributed by atoms with Crippen LogP contribution < -0.4 is 14.9 Å². The second-order valence-corrected chi connectivity index (χ2v) is 12.1. The largest absolute Gasteiger partial charge is 0.507 e. The molecule has 14 nitrogen and oxygen atoms in total. The molecule has 3 heterocycles. The molecule has 1 aromatic heterocycles. The molecule has 2 aliphatic rings. The second-order valence-electron chi connectivity index (χ2n) is 12.1. The molecule has 8 N–H and O–H groups in total. The van der Waals surface area contributed by atoms with Gasteiger partial charge in [0.1, 0.15) is 65.2 Å². The third-order valence-electron chi connectivity index (χ3n) is 8.33. The minimum absolute atomic E-state index is 0.0917. The summed E-state index contributed by atoms with van der Waals surface area (Å²) in [6.07, 6.45) is -13.5. The van der Waals surface area contributed by atoms with E-state index in [-0.39, 0.29) is 34.5 Å². The van der Waals surface area contributed by atoms with Crippen molar-refractivity contribution in [3.63, 3.8) is 0 Å². The molecule has 0 radical (unpaired) electrons. The zero-order valence-corrected chi connectivity index (χ0v) is 26.2. The summed E-state index contributed by atoms with van der Waals surface area (Å²) in [5.41, 5.74) is 1.40. The Bertz CT molecular complexity index is 1660. The molecule has 0 bridgehead atoms. The lowest BCUT2D eigenvalue weighted by Crippen LogP contribution is -2.60. The molecule has 0 spiro atoms. The highest BCUT2D eigenvalue weighted by Gasteiger charge is 2.46. The van der Waals surface area contributed by atoms with Crippen LogP contribution in [0.2, 0.25) is 0 Å². The van der Waals surface area contributed by atoms with Crippen molar-refractivity contribution in [2.45, 2.75) is 95.5 Å². The molecule has 10 atom stereocenters. The fraction of sp³-hybridized carbons (Fsp3) is 0.485. The maximum Gasteiger partial charge on any atom is 0.239 e. The van der Waals surface area contributed by atoms with Crippen molar-refractivity contribution in [1.29, 1.82) is 0 Å². The standard InChI is InChI=1S/C33H40O14/c1-13(2)5-10-17-19(44-33-28(42)26(40)23(37)20(12-34)45-33)11-18(35)21-24(38)31(47-32-27(41)25(39)22(36)15(4)43-32)29(46-30(17)21)16-8-6-14(3)7-9-16/h5-9,11,15,20,22-23,25-28,32-37,39-42H,10,12H2,1-4H3. The summed E-state index contributed by atoms with van der Waals surface area (Å²) in [7, 11) is 0. The van der Waals surface area contributed by atoms with Gasteiger partial charge in [-0.05, 0) is 34.1 Å². The van der Waals surface area contributed by atoms with Crippen LogP contribution in [-0.2, 0) is 15.9 Å². The van der Waals surface area contributed by atoms with Gasteiger partial charge in [-0.3, -0.25) is 4.79 Å². The van der Waals surface area contributed by atoms with Crippen molar-refractivity contribution in [3.05, 3.63) is 63.3 Å². The van der Waals surface area contributed by atoms with E-state index in [1.807, 2.05) is 20.8 Å². The third kappa shape index (κ3) is 6.74. The highest BCUT2D eigenvalue weighted by Crippen LogP contribution is 2.41. The van der Waals surface area contributed by atoms with Crippen LogP contribution in [0.15, 0.2) is 51.2 Å². The highest BCUT2D eigenvalue weighted by molar-refractivity contribution is 5.91. The molecule has 0 aliphatic carbocycles. The minimum atomic E-state index is -1.76. The Balaban J connectivity index is 1.71. The zero-order chi connectivity index (χ0) is 34.3. The average molecular weight is 661 g/mol. The third-order valence-corrected chi connectivity index (χ3v) is 8.33. The van der Waals surface area contributed by atoms with Gasteiger partial charge in [0, 0.05) is 17.2 Å². The lowest BCUT2D eigenvalue weighted by molar-refractivity contribution is -0.277. The van der Waals surface area contributed by atoms with Gasteiger partial charge in [0.2, 0.25) is 23.8 Å². The molecule has 0 saturated carbocycles. The summed E-state index contributed by atoms with van der Waals surface area (Å²) < 4.78 is 29.3. The maximum absolute atomic E-state index is 14.2. The number of rotatable bonds is 8. The lowest BCUT2D eigenvalue weighted by atomic mass is 9.99. The Kier molecular flexibility index (Phi) is 10.3. The van der Waals surface area contributed by atoms with Crippen LogP contribution in [0, 0.1) is 6.92 Å². The average Bonchev–Trinajstić information content (AvgIpc) is 3.03. The molecular formula is C33H40O14. The highest BCUT2D eigenvalue weighted by atomic mass is 16.7. The van der Waals surface area contributed by atoms with Gasteiger partial charge in [-0.15, -0.1) is 0 Å². The molecule has 256 valence electrons. The lowest BCUT2D eigenvalue weighted by Gasteiger charge is -2.39. The quantitative estimate of drug-likeness (QED) is 0.153. The molecule has 2 aliphatic heterocycles. The number of aliphatic hydroxyl groups excluding tert-OH is 7. The summed E-state index contributed by atoms with van der Waals surface area (Å²) in [6, 6.07) is 7.94. The van der Waals surface area contributed by atoms with Crippen molar-refractivity contribution >= 4 is 11.0 Å². The van der Waals surface area contributed by atoms with Crippen LogP contribution in [0.1, 0.15) is 31.9 Å². The maximum atomic E-state index is 14.2. The number of aromatic hydroxyl groups is 1.